The van der Waals surface area contributed by atoms with Gasteiger partial charge >= 0.3 is 0 Å². The molecule has 2 aliphatic heterocycles. The lowest BCUT2D eigenvalue weighted by Crippen LogP contribution is -2.52. The van der Waals surface area contributed by atoms with Crippen molar-refractivity contribution in [1.82, 2.24) is 24.3 Å². The molecule has 4 aromatic rings. The SMILES string of the molecule is CC(C)n1c(CN2CCC(C(=O)N3CCN(C(c4ccccc4)c4ccccc4)CC3)CC2)nc2ccccc21. The molecule has 3 aromatic carbocycles. The van der Waals surface area contributed by atoms with E-state index in [4.69, 9.17) is 4.98 Å². The molecule has 1 aromatic heterocycles. The van der Waals surface area contributed by atoms with E-state index in [1.165, 1.54) is 16.6 Å². The maximum Gasteiger partial charge on any atom is 0.225 e. The van der Waals surface area contributed by atoms with Crippen molar-refractivity contribution in [2.45, 2.75) is 45.3 Å². The Hall–Kier alpha value is -3.48. The Kier molecular flexibility index (Phi) is 7.98. The van der Waals surface area contributed by atoms with Crippen molar-refractivity contribution in [2.75, 3.05) is 39.3 Å². The molecular weight excluding hydrogens is 494 g/mol. The van der Waals surface area contributed by atoms with Gasteiger partial charge in [-0.1, -0.05) is 72.8 Å². The first-order valence-corrected chi connectivity index (χ1v) is 14.9. The number of carbonyl (C=O) groups excluding carboxylic acids is 1. The molecule has 0 aliphatic carbocycles. The third-order valence-corrected chi connectivity index (χ3v) is 8.71. The second kappa shape index (κ2) is 11.9. The number of hydrogen-bond donors (Lipinski definition) is 0. The highest BCUT2D eigenvalue weighted by atomic mass is 16.2. The molecule has 208 valence electrons. The third kappa shape index (κ3) is 5.56. The number of piperidine rings is 1. The summed E-state index contributed by atoms with van der Waals surface area (Å²) in [6, 6.07) is 30.5. The van der Waals surface area contributed by atoms with Crippen molar-refractivity contribution >= 4 is 16.9 Å². The number of fused-ring (bicyclic) bond motifs is 1. The summed E-state index contributed by atoms with van der Waals surface area (Å²) < 4.78 is 2.37. The third-order valence-electron chi connectivity index (χ3n) is 8.71. The van der Waals surface area contributed by atoms with Crippen LogP contribution in [0.4, 0.5) is 0 Å². The number of aromatic nitrogens is 2. The first kappa shape index (κ1) is 26.7. The fourth-order valence-corrected chi connectivity index (χ4v) is 6.66. The number of imidazole rings is 1. The minimum Gasteiger partial charge on any atom is -0.340 e. The molecule has 0 spiro atoms. The molecular formula is C34H41N5O. The predicted octanol–water partition coefficient (Wildman–Crippen LogP) is 5.76. The number of amides is 1. The Labute approximate surface area is 238 Å². The maximum absolute atomic E-state index is 13.6. The van der Waals surface area contributed by atoms with Crippen molar-refractivity contribution in [1.29, 1.82) is 0 Å². The van der Waals surface area contributed by atoms with E-state index in [9.17, 15) is 4.79 Å². The molecule has 6 nitrogen and oxygen atoms in total. The van der Waals surface area contributed by atoms with Gasteiger partial charge in [0.15, 0.2) is 0 Å². The van der Waals surface area contributed by atoms with Gasteiger partial charge in [-0.15, -0.1) is 0 Å². The fourth-order valence-electron chi connectivity index (χ4n) is 6.66. The van der Waals surface area contributed by atoms with Crippen LogP contribution in [0, 0.1) is 5.92 Å². The van der Waals surface area contributed by atoms with Crippen LogP contribution >= 0.6 is 0 Å². The minimum atomic E-state index is 0.130. The zero-order chi connectivity index (χ0) is 27.5. The zero-order valence-corrected chi connectivity index (χ0v) is 23.8. The Bertz CT molecular complexity index is 1360. The molecule has 1 amide bonds. The zero-order valence-electron chi connectivity index (χ0n) is 23.8. The molecule has 0 saturated carbocycles. The Morgan fingerprint density at radius 2 is 1.35 bits per heavy atom. The van der Waals surface area contributed by atoms with Crippen LogP contribution in [0.3, 0.4) is 0 Å². The average Bonchev–Trinajstić information content (AvgIpc) is 3.37. The van der Waals surface area contributed by atoms with Crippen LogP contribution in [0.1, 0.15) is 55.7 Å². The molecule has 0 N–H and O–H groups in total. The summed E-state index contributed by atoms with van der Waals surface area (Å²) in [6.45, 7) is 10.6. The quantitative estimate of drug-likeness (QED) is 0.302. The van der Waals surface area contributed by atoms with Crippen LogP contribution in [0.2, 0.25) is 0 Å². The first-order chi connectivity index (χ1) is 19.6. The van der Waals surface area contributed by atoms with E-state index < -0.39 is 0 Å². The number of likely N-dealkylation sites (tertiary alicyclic amines) is 1. The molecule has 0 atom stereocenters. The van der Waals surface area contributed by atoms with E-state index in [0.717, 1.165) is 70.0 Å². The lowest BCUT2D eigenvalue weighted by atomic mass is 9.94. The minimum absolute atomic E-state index is 0.130. The van der Waals surface area contributed by atoms with Crippen LogP contribution in [0.15, 0.2) is 84.9 Å². The lowest BCUT2D eigenvalue weighted by molar-refractivity contribution is -0.139. The highest BCUT2D eigenvalue weighted by Crippen LogP contribution is 2.30. The van der Waals surface area contributed by atoms with Gasteiger partial charge in [-0.25, -0.2) is 4.98 Å². The molecule has 2 saturated heterocycles. The second-order valence-electron chi connectivity index (χ2n) is 11.6. The molecule has 0 radical (unpaired) electrons. The van der Waals surface area contributed by atoms with Crippen molar-refractivity contribution in [3.05, 3.63) is 102 Å². The number of para-hydroxylation sites is 2. The van der Waals surface area contributed by atoms with Gasteiger partial charge in [-0.05, 0) is 63.0 Å². The largest absolute Gasteiger partial charge is 0.340 e. The molecule has 3 heterocycles. The summed E-state index contributed by atoms with van der Waals surface area (Å²) in [5, 5.41) is 0. The van der Waals surface area contributed by atoms with E-state index in [0.29, 0.717) is 11.9 Å². The van der Waals surface area contributed by atoms with Gasteiger partial charge in [0.05, 0.1) is 23.6 Å². The number of benzene rings is 3. The van der Waals surface area contributed by atoms with E-state index >= 15 is 0 Å². The van der Waals surface area contributed by atoms with Crippen molar-refractivity contribution in [3.8, 4) is 0 Å². The van der Waals surface area contributed by atoms with Crippen molar-refractivity contribution < 1.29 is 4.79 Å². The summed E-state index contributed by atoms with van der Waals surface area (Å²) in [5.74, 6) is 1.61. The Balaban J connectivity index is 1.05. The number of hydrogen-bond acceptors (Lipinski definition) is 4. The van der Waals surface area contributed by atoms with Crippen molar-refractivity contribution in [2.24, 2.45) is 5.92 Å². The topological polar surface area (TPSA) is 44.6 Å². The van der Waals surface area contributed by atoms with Crippen LogP contribution < -0.4 is 0 Å². The second-order valence-corrected chi connectivity index (χ2v) is 11.6. The summed E-state index contributed by atoms with van der Waals surface area (Å²) >= 11 is 0. The average molecular weight is 536 g/mol. The highest BCUT2D eigenvalue weighted by molar-refractivity contribution is 5.79. The van der Waals surface area contributed by atoms with Gasteiger partial charge in [0.1, 0.15) is 5.82 Å². The normalized spacial score (nSPS) is 17.8. The van der Waals surface area contributed by atoms with Crippen LogP contribution in [-0.2, 0) is 11.3 Å². The van der Waals surface area contributed by atoms with Crippen LogP contribution in [0.5, 0.6) is 0 Å². The molecule has 2 fully saturated rings. The smallest absolute Gasteiger partial charge is 0.225 e. The summed E-state index contributed by atoms with van der Waals surface area (Å²) in [4.78, 5) is 25.7. The number of rotatable bonds is 7. The van der Waals surface area contributed by atoms with E-state index in [1.807, 2.05) is 0 Å². The summed E-state index contributed by atoms with van der Waals surface area (Å²) in [6.07, 6.45) is 1.86. The van der Waals surface area contributed by atoms with E-state index in [-0.39, 0.29) is 12.0 Å². The van der Waals surface area contributed by atoms with E-state index in [1.54, 1.807) is 0 Å². The fraction of sp³-hybridized carbons (Fsp3) is 0.412. The standard InChI is InChI=1S/C34H41N5O/c1-26(2)39-31-16-10-9-15-30(31)35-32(39)25-36-19-17-29(18-20-36)34(40)38-23-21-37(22-24-38)33(27-11-5-3-6-12-27)28-13-7-4-8-14-28/h3-16,26,29,33H,17-25H2,1-2H3. The van der Waals surface area contributed by atoms with Gasteiger partial charge in [-0.2, -0.15) is 0 Å². The molecule has 2 aliphatic rings. The van der Waals surface area contributed by atoms with Crippen LogP contribution in [-0.4, -0.2) is 69.4 Å². The Morgan fingerprint density at radius 1 is 0.775 bits per heavy atom. The number of nitrogens with zero attached hydrogens (tertiary/aromatic N) is 5. The summed E-state index contributed by atoms with van der Waals surface area (Å²) in [5.41, 5.74) is 4.90. The summed E-state index contributed by atoms with van der Waals surface area (Å²) in [7, 11) is 0. The maximum atomic E-state index is 13.6. The van der Waals surface area contributed by atoms with Crippen LogP contribution in [0.25, 0.3) is 11.0 Å². The number of carbonyl (C=O) groups is 1. The monoisotopic (exact) mass is 535 g/mol. The van der Waals surface area contributed by atoms with Gasteiger partial charge in [-0.3, -0.25) is 14.6 Å². The van der Waals surface area contributed by atoms with Gasteiger partial charge in [0.2, 0.25) is 5.91 Å². The van der Waals surface area contributed by atoms with Crippen molar-refractivity contribution in [3.63, 3.8) is 0 Å². The molecule has 6 heteroatoms. The first-order valence-electron chi connectivity index (χ1n) is 14.9. The molecule has 0 unspecified atom stereocenters. The molecule has 40 heavy (non-hydrogen) atoms. The van der Waals surface area contributed by atoms with E-state index in [2.05, 4.69) is 118 Å². The molecule has 6 rings (SSSR count). The Morgan fingerprint density at radius 3 is 1.95 bits per heavy atom. The molecule has 0 bridgehead atoms. The number of piperazine rings is 1. The lowest BCUT2D eigenvalue weighted by Gasteiger charge is -2.41. The van der Waals surface area contributed by atoms with Gasteiger partial charge in [0, 0.05) is 38.1 Å². The predicted molar refractivity (Wildman–Crippen MR) is 161 cm³/mol. The van der Waals surface area contributed by atoms with Gasteiger partial charge in [0.25, 0.3) is 0 Å². The highest BCUT2D eigenvalue weighted by Gasteiger charge is 2.33. The van der Waals surface area contributed by atoms with Gasteiger partial charge < -0.3 is 9.47 Å².